The highest BCUT2D eigenvalue weighted by atomic mass is 19.1. The van der Waals surface area contributed by atoms with E-state index in [2.05, 4.69) is 10.4 Å². The minimum atomic E-state index is -0.362. The Morgan fingerprint density at radius 3 is 2.33 bits per heavy atom. The average molecular weight is 521 g/mol. The fourth-order valence-corrected chi connectivity index (χ4v) is 4.46. The Morgan fingerprint density at radius 2 is 1.59 bits per heavy atom. The van der Waals surface area contributed by atoms with Crippen molar-refractivity contribution in [3.63, 3.8) is 0 Å². The van der Waals surface area contributed by atoms with Gasteiger partial charge in [-0.1, -0.05) is 74.0 Å². The van der Waals surface area contributed by atoms with Crippen LogP contribution in [0.3, 0.4) is 0 Å². The van der Waals surface area contributed by atoms with Crippen LogP contribution in [0, 0.1) is 5.82 Å². The van der Waals surface area contributed by atoms with Crippen molar-refractivity contribution in [1.29, 1.82) is 0 Å². The largest absolute Gasteiger partial charge is 0.329 e. The van der Waals surface area contributed by atoms with Gasteiger partial charge in [0.1, 0.15) is 18.2 Å². The molecule has 196 valence electrons. The summed E-state index contributed by atoms with van der Waals surface area (Å²) in [4.78, 5) is 28.4. The SMILES string of the molecule is CCCCN(CC(=O)Nc1cc(-c2ccccc2)nn1-c1ccc(F)cc1)C(=O)c1ccc2ccccc2c1. The van der Waals surface area contributed by atoms with Gasteiger partial charge in [-0.2, -0.15) is 5.10 Å². The number of carbonyl (C=O) groups excluding carboxylic acids is 2. The second-order valence-corrected chi connectivity index (χ2v) is 9.36. The van der Waals surface area contributed by atoms with Crippen LogP contribution in [0.2, 0.25) is 0 Å². The number of fused-ring (bicyclic) bond motifs is 1. The van der Waals surface area contributed by atoms with Crippen molar-refractivity contribution in [2.24, 2.45) is 0 Å². The third kappa shape index (κ3) is 6.04. The van der Waals surface area contributed by atoms with Crippen LogP contribution < -0.4 is 5.32 Å². The second kappa shape index (κ2) is 11.7. The Labute approximate surface area is 226 Å². The highest BCUT2D eigenvalue weighted by molar-refractivity contribution is 6.01. The molecule has 2 amide bonds. The summed E-state index contributed by atoms with van der Waals surface area (Å²) < 4.78 is 15.2. The maximum Gasteiger partial charge on any atom is 0.254 e. The molecule has 0 bridgehead atoms. The quantitative estimate of drug-likeness (QED) is 0.235. The van der Waals surface area contributed by atoms with Crippen LogP contribution in [0.1, 0.15) is 30.1 Å². The van der Waals surface area contributed by atoms with Gasteiger partial charge >= 0.3 is 0 Å². The molecule has 0 unspecified atom stereocenters. The molecule has 1 aromatic heterocycles. The summed E-state index contributed by atoms with van der Waals surface area (Å²) >= 11 is 0. The predicted molar refractivity (Wildman–Crippen MR) is 152 cm³/mol. The first-order valence-electron chi connectivity index (χ1n) is 13.0. The van der Waals surface area contributed by atoms with Crippen LogP contribution in [0.4, 0.5) is 10.2 Å². The van der Waals surface area contributed by atoms with Gasteiger partial charge in [-0.15, -0.1) is 0 Å². The Hall–Kier alpha value is -4.78. The van der Waals surface area contributed by atoms with E-state index in [1.54, 1.807) is 33.8 Å². The molecule has 7 heteroatoms. The van der Waals surface area contributed by atoms with Gasteiger partial charge in [0, 0.05) is 23.7 Å². The molecule has 1 heterocycles. The van der Waals surface area contributed by atoms with Crippen LogP contribution in [0.15, 0.2) is 103 Å². The lowest BCUT2D eigenvalue weighted by Crippen LogP contribution is -2.39. The number of nitrogens with zero attached hydrogens (tertiary/aromatic N) is 3. The lowest BCUT2D eigenvalue weighted by Gasteiger charge is -2.22. The first-order chi connectivity index (χ1) is 19.0. The van der Waals surface area contributed by atoms with Crippen molar-refractivity contribution in [2.75, 3.05) is 18.4 Å². The first-order valence-corrected chi connectivity index (χ1v) is 13.0. The molecule has 6 nitrogen and oxygen atoms in total. The van der Waals surface area contributed by atoms with Gasteiger partial charge in [0.25, 0.3) is 5.91 Å². The molecule has 0 aliphatic rings. The number of halogens is 1. The zero-order valence-electron chi connectivity index (χ0n) is 21.7. The fraction of sp³-hybridized carbons (Fsp3) is 0.156. The van der Waals surface area contributed by atoms with Crippen LogP contribution in [-0.2, 0) is 4.79 Å². The molecule has 0 fully saturated rings. The van der Waals surface area contributed by atoms with Crippen molar-refractivity contribution >= 4 is 28.4 Å². The summed E-state index contributed by atoms with van der Waals surface area (Å²) in [6, 6.07) is 30.7. The smallest absolute Gasteiger partial charge is 0.254 e. The van der Waals surface area contributed by atoms with Crippen LogP contribution in [0.5, 0.6) is 0 Å². The number of anilines is 1. The summed E-state index contributed by atoms with van der Waals surface area (Å²) in [6.45, 7) is 2.40. The van der Waals surface area contributed by atoms with Crippen LogP contribution in [-0.4, -0.2) is 39.6 Å². The fourth-order valence-electron chi connectivity index (χ4n) is 4.46. The number of hydrogen-bond acceptors (Lipinski definition) is 3. The maximum absolute atomic E-state index is 13.6. The highest BCUT2D eigenvalue weighted by Gasteiger charge is 2.21. The van der Waals surface area contributed by atoms with E-state index in [0.29, 0.717) is 29.3 Å². The molecule has 1 N–H and O–H groups in total. The van der Waals surface area contributed by atoms with Gasteiger partial charge in [0.15, 0.2) is 0 Å². The Morgan fingerprint density at radius 1 is 0.872 bits per heavy atom. The molecule has 0 saturated carbocycles. The molecule has 39 heavy (non-hydrogen) atoms. The molecule has 0 aliphatic carbocycles. The molecule has 0 radical (unpaired) electrons. The van der Waals surface area contributed by atoms with E-state index >= 15 is 0 Å². The monoisotopic (exact) mass is 520 g/mol. The Balaban J connectivity index is 1.40. The van der Waals surface area contributed by atoms with Crippen molar-refractivity contribution in [3.8, 4) is 16.9 Å². The zero-order valence-corrected chi connectivity index (χ0v) is 21.7. The standard InChI is InChI=1S/C32H29FN4O2/c1-2-3-19-36(32(39)26-14-13-23-9-7-8-12-25(23)20-26)22-31(38)34-30-21-29(24-10-5-4-6-11-24)35-37(30)28-17-15-27(33)16-18-28/h4-18,20-21H,2-3,19,22H2,1H3,(H,34,38). The van der Waals surface area contributed by atoms with Crippen LogP contribution >= 0.6 is 0 Å². The van der Waals surface area contributed by atoms with Gasteiger partial charge in [0.05, 0.1) is 11.4 Å². The van der Waals surface area contributed by atoms with Crippen molar-refractivity contribution in [1.82, 2.24) is 14.7 Å². The van der Waals surface area contributed by atoms with Crippen molar-refractivity contribution < 1.29 is 14.0 Å². The minimum Gasteiger partial charge on any atom is -0.329 e. The van der Waals surface area contributed by atoms with E-state index in [4.69, 9.17) is 0 Å². The number of hydrogen-bond donors (Lipinski definition) is 1. The first kappa shape index (κ1) is 25.9. The van der Waals surface area contributed by atoms with Gasteiger partial charge in [0.2, 0.25) is 5.91 Å². The molecular weight excluding hydrogens is 491 g/mol. The number of benzene rings is 4. The van der Waals surface area contributed by atoms with E-state index in [9.17, 15) is 14.0 Å². The topological polar surface area (TPSA) is 67.2 Å². The van der Waals surface area contributed by atoms with E-state index in [-0.39, 0.29) is 24.2 Å². The molecular formula is C32H29FN4O2. The summed E-state index contributed by atoms with van der Waals surface area (Å²) in [5.41, 5.74) is 2.68. The zero-order chi connectivity index (χ0) is 27.2. The number of amides is 2. The van der Waals surface area contributed by atoms with E-state index in [0.717, 1.165) is 29.2 Å². The van der Waals surface area contributed by atoms with E-state index in [1.807, 2.05) is 73.7 Å². The number of carbonyl (C=O) groups is 2. The van der Waals surface area contributed by atoms with Crippen LogP contribution in [0.25, 0.3) is 27.7 Å². The van der Waals surface area contributed by atoms with Gasteiger partial charge in [-0.3, -0.25) is 9.59 Å². The van der Waals surface area contributed by atoms with Gasteiger partial charge in [-0.05, 0) is 53.6 Å². The van der Waals surface area contributed by atoms with Crippen molar-refractivity contribution in [3.05, 3.63) is 115 Å². The summed E-state index contributed by atoms with van der Waals surface area (Å²) in [5.74, 6) is -0.470. The second-order valence-electron chi connectivity index (χ2n) is 9.36. The van der Waals surface area contributed by atoms with Gasteiger partial charge in [-0.25, -0.2) is 9.07 Å². The molecule has 0 atom stereocenters. The third-order valence-corrected chi connectivity index (χ3v) is 6.52. The molecule has 4 aromatic carbocycles. The molecule has 5 aromatic rings. The predicted octanol–water partition coefficient (Wildman–Crippen LogP) is 6.71. The average Bonchev–Trinajstić information content (AvgIpc) is 3.39. The molecule has 0 aliphatic heterocycles. The van der Waals surface area contributed by atoms with E-state index < -0.39 is 0 Å². The Bertz CT molecular complexity index is 1600. The van der Waals surface area contributed by atoms with Gasteiger partial charge < -0.3 is 10.2 Å². The summed E-state index contributed by atoms with van der Waals surface area (Å²) in [5, 5.41) is 9.63. The summed E-state index contributed by atoms with van der Waals surface area (Å²) in [6.07, 6.45) is 1.67. The van der Waals surface area contributed by atoms with E-state index in [1.165, 1.54) is 12.1 Å². The number of unbranched alkanes of at least 4 members (excludes halogenated alkanes) is 1. The number of aromatic nitrogens is 2. The molecule has 0 spiro atoms. The third-order valence-electron chi connectivity index (χ3n) is 6.52. The lowest BCUT2D eigenvalue weighted by molar-refractivity contribution is -0.117. The normalized spacial score (nSPS) is 10.9. The number of rotatable bonds is 9. The highest BCUT2D eigenvalue weighted by Crippen LogP contribution is 2.25. The Kier molecular flexibility index (Phi) is 7.78. The maximum atomic E-state index is 13.6. The number of nitrogens with one attached hydrogen (secondary N) is 1. The molecule has 5 rings (SSSR count). The molecule has 0 saturated heterocycles. The summed E-state index contributed by atoms with van der Waals surface area (Å²) in [7, 11) is 0. The minimum absolute atomic E-state index is 0.110. The lowest BCUT2D eigenvalue weighted by atomic mass is 10.1. The van der Waals surface area contributed by atoms with Crippen molar-refractivity contribution in [2.45, 2.75) is 19.8 Å².